The van der Waals surface area contributed by atoms with Crippen LogP contribution in [-0.2, 0) is 13.1 Å². The molecule has 0 fully saturated rings. The number of aromatic nitrogens is 5. The third-order valence-corrected chi connectivity index (χ3v) is 4.96. The lowest BCUT2D eigenvalue weighted by atomic mass is 9.90. The molecule has 0 bridgehead atoms. The highest BCUT2D eigenvalue weighted by Crippen LogP contribution is 2.17. The second-order valence-corrected chi connectivity index (χ2v) is 7.73. The number of aryl methyl sites for hydroxylation is 1. The maximum atomic E-state index is 12.5. The summed E-state index contributed by atoms with van der Waals surface area (Å²) in [6.45, 7) is 9.06. The Balaban J connectivity index is 1.54. The molecule has 3 rings (SSSR count). The number of para-hydroxylation sites is 1. The molecule has 2 heterocycles. The van der Waals surface area contributed by atoms with E-state index in [2.05, 4.69) is 41.4 Å². The van der Waals surface area contributed by atoms with E-state index in [1.807, 2.05) is 24.4 Å². The van der Waals surface area contributed by atoms with E-state index in [0.29, 0.717) is 23.0 Å². The zero-order valence-corrected chi connectivity index (χ0v) is 16.4. The Morgan fingerprint density at radius 2 is 2.04 bits per heavy atom. The van der Waals surface area contributed by atoms with Crippen molar-refractivity contribution in [1.82, 2.24) is 29.9 Å². The van der Waals surface area contributed by atoms with Crippen LogP contribution in [0.15, 0.2) is 41.6 Å². The van der Waals surface area contributed by atoms with Gasteiger partial charge in [-0.3, -0.25) is 9.36 Å². The number of fused-ring (bicyclic) bond motifs is 1. The van der Waals surface area contributed by atoms with Crippen molar-refractivity contribution in [2.24, 2.45) is 5.41 Å². The summed E-state index contributed by atoms with van der Waals surface area (Å²) >= 11 is 0. The summed E-state index contributed by atoms with van der Waals surface area (Å²) < 4.78 is 3.23. The summed E-state index contributed by atoms with van der Waals surface area (Å²) in [5, 5.41) is 12.5. The smallest absolute Gasteiger partial charge is 0.262 e. The Bertz CT molecular complexity index is 943. The van der Waals surface area contributed by atoms with Crippen molar-refractivity contribution in [3.8, 4) is 0 Å². The van der Waals surface area contributed by atoms with Gasteiger partial charge in [-0.05, 0) is 43.4 Å². The van der Waals surface area contributed by atoms with E-state index in [9.17, 15) is 4.79 Å². The van der Waals surface area contributed by atoms with Gasteiger partial charge < -0.3 is 5.32 Å². The second kappa shape index (κ2) is 8.43. The number of hydrogen-bond donors (Lipinski definition) is 1. The summed E-state index contributed by atoms with van der Waals surface area (Å²) in [4.78, 5) is 16.9. The van der Waals surface area contributed by atoms with Crippen LogP contribution in [0.25, 0.3) is 10.9 Å². The van der Waals surface area contributed by atoms with Gasteiger partial charge in [-0.25, -0.2) is 9.67 Å². The van der Waals surface area contributed by atoms with Crippen molar-refractivity contribution in [2.75, 3.05) is 13.1 Å². The van der Waals surface area contributed by atoms with Crippen LogP contribution >= 0.6 is 0 Å². The standard InChI is InChI=1S/C20H28N6O/c1-4-20(2,3)13-21-11-7-8-16-12-26(24-23-16)15-25-14-22-18-10-6-5-9-17(18)19(25)27/h5-6,9-10,12,14,21H,4,7-8,11,13,15H2,1-3H3. The summed E-state index contributed by atoms with van der Waals surface area (Å²) in [5.41, 5.74) is 1.91. The SMILES string of the molecule is CCC(C)(C)CNCCCc1cn(Cn2cnc3ccccc3c2=O)nn1. The van der Waals surface area contributed by atoms with Crippen LogP contribution in [0.2, 0.25) is 0 Å². The van der Waals surface area contributed by atoms with E-state index >= 15 is 0 Å². The van der Waals surface area contributed by atoms with Crippen molar-refractivity contribution in [1.29, 1.82) is 0 Å². The minimum Gasteiger partial charge on any atom is -0.316 e. The first kappa shape index (κ1) is 19.2. The molecule has 0 aliphatic carbocycles. The lowest BCUT2D eigenvalue weighted by Crippen LogP contribution is -2.29. The van der Waals surface area contributed by atoms with Crippen molar-refractivity contribution in [3.05, 3.63) is 52.8 Å². The van der Waals surface area contributed by atoms with Gasteiger partial charge in [0.15, 0.2) is 0 Å². The van der Waals surface area contributed by atoms with Crippen molar-refractivity contribution in [2.45, 2.75) is 46.7 Å². The Kier molecular flexibility index (Phi) is 6.01. The number of rotatable bonds is 9. The van der Waals surface area contributed by atoms with Crippen LogP contribution in [0, 0.1) is 5.41 Å². The zero-order chi connectivity index (χ0) is 19.3. The van der Waals surface area contributed by atoms with Crippen LogP contribution < -0.4 is 10.9 Å². The molecule has 2 aromatic heterocycles. The molecular formula is C20H28N6O. The zero-order valence-electron chi connectivity index (χ0n) is 16.4. The average Bonchev–Trinajstić information content (AvgIpc) is 3.11. The Morgan fingerprint density at radius 3 is 2.85 bits per heavy atom. The van der Waals surface area contributed by atoms with Gasteiger partial charge in [0.25, 0.3) is 5.56 Å². The summed E-state index contributed by atoms with van der Waals surface area (Å²) in [5.74, 6) is 0. The molecule has 7 nitrogen and oxygen atoms in total. The summed E-state index contributed by atoms with van der Waals surface area (Å²) in [7, 11) is 0. The molecule has 0 unspecified atom stereocenters. The van der Waals surface area contributed by atoms with E-state index in [0.717, 1.165) is 38.0 Å². The highest BCUT2D eigenvalue weighted by Gasteiger charge is 2.13. The molecule has 0 saturated heterocycles. The number of benzene rings is 1. The van der Waals surface area contributed by atoms with Crippen molar-refractivity contribution < 1.29 is 0 Å². The summed E-state index contributed by atoms with van der Waals surface area (Å²) in [6.07, 6.45) is 6.50. The van der Waals surface area contributed by atoms with Gasteiger partial charge >= 0.3 is 0 Å². The maximum absolute atomic E-state index is 12.5. The molecule has 3 aromatic rings. The fourth-order valence-corrected chi connectivity index (χ4v) is 2.83. The lowest BCUT2D eigenvalue weighted by molar-refractivity contribution is 0.328. The number of nitrogens with one attached hydrogen (secondary N) is 1. The normalized spacial score (nSPS) is 12.0. The highest BCUT2D eigenvalue weighted by atomic mass is 16.1. The molecule has 0 atom stereocenters. The molecule has 0 spiro atoms. The van der Waals surface area contributed by atoms with E-state index in [-0.39, 0.29) is 5.56 Å². The fraction of sp³-hybridized carbons (Fsp3) is 0.500. The third kappa shape index (κ3) is 5.01. The largest absolute Gasteiger partial charge is 0.316 e. The Hall–Kier alpha value is -2.54. The third-order valence-electron chi connectivity index (χ3n) is 4.96. The first-order valence-corrected chi connectivity index (χ1v) is 9.52. The summed E-state index contributed by atoms with van der Waals surface area (Å²) in [6, 6.07) is 7.35. The molecule has 0 aliphatic heterocycles. The van der Waals surface area contributed by atoms with E-state index in [4.69, 9.17) is 0 Å². The Morgan fingerprint density at radius 1 is 1.22 bits per heavy atom. The van der Waals surface area contributed by atoms with Gasteiger partial charge in [-0.1, -0.05) is 38.1 Å². The quantitative estimate of drug-likeness (QED) is 0.587. The van der Waals surface area contributed by atoms with Crippen molar-refractivity contribution >= 4 is 10.9 Å². The molecule has 0 radical (unpaired) electrons. The maximum Gasteiger partial charge on any atom is 0.262 e. The molecule has 0 aliphatic rings. The van der Waals surface area contributed by atoms with E-state index in [1.54, 1.807) is 21.6 Å². The van der Waals surface area contributed by atoms with Crippen LogP contribution in [0.4, 0.5) is 0 Å². The van der Waals surface area contributed by atoms with Gasteiger partial charge in [-0.2, -0.15) is 0 Å². The first-order chi connectivity index (χ1) is 13.0. The fourth-order valence-electron chi connectivity index (χ4n) is 2.83. The average molecular weight is 368 g/mol. The molecule has 7 heteroatoms. The van der Waals surface area contributed by atoms with Crippen LogP contribution in [0.1, 0.15) is 39.3 Å². The van der Waals surface area contributed by atoms with Gasteiger partial charge in [-0.15, -0.1) is 5.10 Å². The molecule has 0 saturated carbocycles. The Labute approximate surface area is 159 Å². The van der Waals surface area contributed by atoms with Crippen LogP contribution in [-0.4, -0.2) is 37.6 Å². The molecule has 1 aromatic carbocycles. The monoisotopic (exact) mass is 368 g/mol. The lowest BCUT2D eigenvalue weighted by Gasteiger charge is -2.22. The minimum atomic E-state index is -0.0691. The topological polar surface area (TPSA) is 77.6 Å². The predicted octanol–water partition coefficient (Wildman–Crippen LogP) is 2.45. The first-order valence-electron chi connectivity index (χ1n) is 9.52. The second-order valence-electron chi connectivity index (χ2n) is 7.73. The van der Waals surface area contributed by atoms with Gasteiger partial charge in [0.2, 0.25) is 0 Å². The van der Waals surface area contributed by atoms with Crippen LogP contribution in [0.5, 0.6) is 0 Å². The highest BCUT2D eigenvalue weighted by molar-refractivity contribution is 5.76. The molecule has 27 heavy (non-hydrogen) atoms. The van der Waals surface area contributed by atoms with E-state index < -0.39 is 0 Å². The molecule has 144 valence electrons. The van der Waals surface area contributed by atoms with E-state index in [1.165, 1.54) is 0 Å². The predicted molar refractivity (Wildman–Crippen MR) is 107 cm³/mol. The molecule has 1 N–H and O–H groups in total. The van der Waals surface area contributed by atoms with Crippen LogP contribution in [0.3, 0.4) is 0 Å². The van der Waals surface area contributed by atoms with Gasteiger partial charge in [0, 0.05) is 6.54 Å². The van der Waals surface area contributed by atoms with Crippen molar-refractivity contribution in [3.63, 3.8) is 0 Å². The minimum absolute atomic E-state index is 0.0691. The number of hydrogen-bond acceptors (Lipinski definition) is 5. The molecule has 0 amide bonds. The van der Waals surface area contributed by atoms with Gasteiger partial charge in [0.05, 0.1) is 29.1 Å². The number of nitrogens with zero attached hydrogens (tertiary/aromatic N) is 5. The van der Waals surface area contributed by atoms with Gasteiger partial charge in [0.1, 0.15) is 6.67 Å². The molecular weight excluding hydrogens is 340 g/mol.